The van der Waals surface area contributed by atoms with E-state index in [0.717, 1.165) is 32.6 Å². The number of carboxylic acid groups (broad SMARTS) is 1. The molecule has 15 heavy (non-hydrogen) atoms. The van der Waals surface area contributed by atoms with E-state index in [1.54, 1.807) is 0 Å². The third-order valence-electron chi connectivity index (χ3n) is 2.65. The van der Waals surface area contributed by atoms with Crippen LogP contribution in [0.25, 0.3) is 0 Å². The zero-order valence-corrected chi connectivity index (χ0v) is 9.57. The molecule has 4 nitrogen and oxygen atoms in total. The third kappa shape index (κ3) is 4.44. The van der Waals surface area contributed by atoms with Crippen LogP contribution in [0.2, 0.25) is 0 Å². The molecule has 1 aliphatic heterocycles. The summed E-state index contributed by atoms with van der Waals surface area (Å²) in [6, 6.07) is 0. The second kappa shape index (κ2) is 5.88. The van der Waals surface area contributed by atoms with E-state index in [2.05, 4.69) is 23.9 Å². The lowest BCUT2D eigenvalue weighted by Gasteiger charge is -2.25. The van der Waals surface area contributed by atoms with Gasteiger partial charge in [-0.15, -0.1) is 0 Å². The molecule has 0 atom stereocenters. The number of rotatable bonds is 5. The highest BCUT2D eigenvalue weighted by molar-refractivity contribution is 5.86. The van der Waals surface area contributed by atoms with Gasteiger partial charge in [0.05, 0.1) is 0 Å². The fourth-order valence-electron chi connectivity index (χ4n) is 1.72. The molecular weight excluding hydrogens is 192 g/mol. The molecule has 0 amide bonds. The summed E-state index contributed by atoms with van der Waals surface area (Å²) < 4.78 is 0. The first-order valence-electron chi connectivity index (χ1n) is 5.39. The van der Waals surface area contributed by atoms with Crippen molar-refractivity contribution in [1.29, 1.82) is 0 Å². The minimum Gasteiger partial charge on any atom is -0.478 e. The molecule has 0 fully saturated rings. The summed E-state index contributed by atoms with van der Waals surface area (Å²) in [7, 11) is 4.14. The van der Waals surface area contributed by atoms with Crippen LogP contribution in [0.1, 0.15) is 12.8 Å². The van der Waals surface area contributed by atoms with Crippen molar-refractivity contribution in [1.82, 2.24) is 9.80 Å². The Labute approximate surface area is 91.2 Å². The highest BCUT2D eigenvalue weighted by atomic mass is 16.4. The SMILES string of the molecule is CN(C)CCCN1CC=C(C(=O)O)CC1. The van der Waals surface area contributed by atoms with Gasteiger partial charge in [0.25, 0.3) is 0 Å². The second-order valence-corrected chi connectivity index (χ2v) is 4.24. The molecule has 0 spiro atoms. The van der Waals surface area contributed by atoms with E-state index in [0.29, 0.717) is 12.0 Å². The average molecular weight is 212 g/mol. The Hall–Kier alpha value is -0.870. The van der Waals surface area contributed by atoms with E-state index in [4.69, 9.17) is 5.11 Å². The Kier molecular flexibility index (Phi) is 4.78. The van der Waals surface area contributed by atoms with E-state index in [-0.39, 0.29) is 0 Å². The molecule has 0 aromatic carbocycles. The maximum Gasteiger partial charge on any atom is 0.331 e. The summed E-state index contributed by atoms with van der Waals surface area (Å²) in [5.74, 6) is -0.761. The quantitative estimate of drug-likeness (QED) is 0.727. The zero-order chi connectivity index (χ0) is 11.3. The van der Waals surface area contributed by atoms with E-state index in [1.165, 1.54) is 0 Å². The third-order valence-corrected chi connectivity index (χ3v) is 2.65. The summed E-state index contributed by atoms with van der Waals surface area (Å²) in [6.45, 7) is 3.81. The molecule has 0 bridgehead atoms. The maximum atomic E-state index is 10.7. The molecule has 1 aliphatic rings. The number of nitrogens with zero attached hydrogens (tertiary/aromatic N) is 2. The number of hydrogen-bond donors (Lipinski definition) is 1. The first kappa shape index (κ1) is 12.2. The van der Waals surface area contributed by atoms with Crippen LogP contribution >= 0.6 is 0 Å². The minimum absolute atomic E-state index is 0.568. The predicted molar refractivity (Wildman–Crippen MR) is 59.9 cm³/mol. The smallest absolute Gasteiger partial charge is 0.331 e. The summed E-state index contributed by atoms with van der Waals surface area (Å²) in [6.07, 6.45) is 3.65. The Morgan fingerprint density at radius 1 is 1.60 bits per heavy atom. The van der Waals surface area contributed by atoms with Gasteiger partial charge in [-0.1, -0.05) is 6.08 Å². The van der Waals surface area contributed by atoms with Gasteiger partial charge in [-0.2, -0.15) is 0 Å². The molecule has 0 saturated carbocycles. The number of carbonyl (C=O) groups is 1. The van der Waals surface area contributed by atoms with Gasteiger partial charge >= 0.3 is 5.97 Å². The normalized spacial score (nSPS) is 17.9. The summed E-state index contributed by atoms with van der Waals surface area (Å²) in [5, 5.41) is 8.78. The molecule has 4 heteroatoms. The topological polar surface area (TPSA) is 43.8 Å². The zero-order valence-electron chi connectivity index (χ0n) is 9.57. The molecule has 0 aromatic rings. The van der Waals surface area contributed by atoms with Gasteiger partial charge in [0.1, 0.15) is 0 Å². The molecule has 1 rings (SSSR count). The standard InChI is InChI=1S/C11H20N2O2/c1-12(2)6-3-7-13-8-4-10(5-9-13)11(14)15/h4H,3,5-9H2,1-2H3,(H,14,15). The van der Waals surface area contributed by atoms with Crippen LogP contribution < -0.4 is 0 Å². The van der Waals surface area contributed by atoms with Crippen molar-refractivity contribution in [2.75, 3.05) is 40.3 Å². The van der Waals surface area contributed by atoms with Crippen molar-refractivity contribution >= 4 is 5.97 Å². The van der Waals surface area contributed by atoms with E-state index in [9.17, 15) is 4.79 Å². The van der Waals surface area contributed by atoms with Gasteiger partial charge in [-0.05, 0) is 40.0 Å². The lowest BCUT2D eigenvalue weighted by molar-refractivity contribution is -0.133. The van der Waals surface area contributed by atoms with Crippen LogP contribution in [0, 0.1) is 0 Å². The second-order valence-electron chi connectivity index (χ2n) is 4.24. The largest absolute Gasteiger partial charge is 0.478 e. The van der Waals surface area contributed by atoms with Crippen LogP contribution in [-0.2, 0) is 4.79 Å². The van der Waals surface area contributed by atoms with Crippen molar-refractivity contribution in [3.8, 4) is 0 Å². The van der Waals surface area contributed by atoms with Crippen LogP contribution in [0.4, 0.5) is 0 Å². The van der Waals surface area contributed by atoms with Gasteiger partial charge in [-0.3, -0.25) is 4.90 Å². The van der Waals surface area contributed by atoms with Crippen molar-refractivity contribution < 1.29 is 9.90 Å². The van der Waals surface area contributed by atoms with E-state index in [1.807, 2.05) is 6.08 Å². The molecule has 0 aliphatic carbocycles. The number of aliphatic carboxylic acids is 1. The van der Waals surface area contributed by atoms with Gasteiger partial charge in [0.2, 0.25) is 0 Å². The summed E-state index contributed by atoms with van der Waals surface area (Å²) in [5.41, 5.74) is 0.568. The summed E-state index contributed by atoms with van der Waals surface area (Å²) in [4.78, 5) is 15.1. The highest BCUT2D eigenvalue weighted by Crippen LogP contribution is 2.10. The van der Waals surface area contributed by atoms with Gasteiger partial charge in [-0.25, -0.2) is 4.79 Å². The molecule has 86 valence electrons. The van der Waals surface area contributed by atoms with Crippen molar-refractivity contribution in [3.05, 3.63) is 11.6 Å². The first-order valence-corrected chi connectivity index (χ1v) is 5.39. The van der Waals surface area contributed by atoms with Gasteiger partial charge < -0.3 is 10.0 Å². The molecule has 1 N–H and O–H groups in total. The van der Waals surface area contributed by atoms with Crippen LogP contribution in [0.5, 0.6) is 0 Å². The molecular formula is C11H20N2O2. The fourth-order valence-corrected chi connectivity index (χ4v) is 1.72. The molecule has 0 saturated heterocycles. The molecule has 0 aromatic heterocycles. The average Bonchev–Trinajstić information content (AvgIpc) is 2.18. The fraction of sp³-hybridized carbons (Fsp3) is 0.727. The Morgan fingerprint density at radius 3 is 2.80 bits per heavy atom. The van der Waals surface area contributed by atoms with Crippen LogP contribution in [0.3, 0.4) is 0 Å². The Balaban J connectivity index is 2.23. The van der Waals surface area contributed by atoms with Crippen molar-refractivity contribution in [2.24, 2.45) is 0 Å². The molecule has 1 heterocycles. The van der Waals surface area contributed by atoms with E-state index < -0.39 is 5.97 Å². The molecule has 0 radical (unpaired) electrons. The van der Waals surface area contributed by atoms with Gasteiger partial charge in [0.15, 0.2) is 0 Å². The monoisotopic (exact) mass is 212 g/mol. The van der Waals surface area contributed by atoms with Gasteiger partial charge in [0, 0.05) is 18.7 Å². The molecule has 0 unspecified atom stereocenters. The maximum absolute atomic E-state index is 10.7. The Morgan fingerprint density at radius 2 is 2.33 bits per heavy atom. The lowest BCUT2D eigenvalue weighted by atomic mass is 10.1. The summed E-state index contributed by atoms with van der Waals surface area (Å²) >= 11 is 0. The van der Waals surface area contributed by atoms with Crippen LogP contribution in [0.15, 0.2) is 11.6 Å². The lowest BCUT2D eigenvalue weighted by Crippen LogP contribution is -2.32. The predicted octanol–water partition coefficient (Wildman–Crippen LogP) is 0.655. The minimum atomic E-state index is -0.761. The first-order chi connectivity index (χ1) is 7.09. The Bertz CT molecular complexity index is 249. The van der Waals surface area contributed by atoms with Crippen molar-refractivity contribution in [2.45, 2.75) is 12.8 Å². The van der Waals surface area contributed by atoms with Crippen molar-refractivity contribution in [3.63, 3.8) is 0 Å². The number of hydrogen-bond acceptors (Lipinski definition) is 3. The highest BCUT2D eigenvalue weighted by Gasteiger charge is 2.15. The number of carboxylic acids is 1. The van der Waals surface area contributed by atoms with E-state index >= 15 is 0 Å². The van der Waals surface area contributed by atoms with Crippen LogP contribution in [-0.4, -0.2) is 61.2 Å².